The van der Waals surface area contributed by atoms with Crippen molar-refractivity contribution in [2.75, 3.05) is 26.7 Å². The second-order valence-electron chi connectivity index (χ2n) is 7.03. The van der Waals surface area contributed by atoms with Gasteiger partial charge in [0.05, 0.1) is 6.54 Å². The van der Waals surface area contributed by atoms with E-state index >= 15 is 0 Å². The van der Waals surface area contributed by atoms with Crippen LogP contribution < -0.4 is 10.6 Å². The summed E-state index contributed by atoms with van der Waals surface area (Å²) < 4.78 is 0. The molecule has 0 spiro atoms. The van der Waals surface area contributed by atoms with Gasteiger partial charge in [-0.1, -0.05) is 38.1 Å². The molecule has 1 unspecified atom stereocenters. The van der Waals surface area contributed by atoms with Gasteiger partial charge in [-0.3, -0.25) is 9.59 Å². The van der Waals surface area contributed by atoms with E-state index in [1.165, 1.54) is 5.56 Å². The number of likely N-dealkylation sites (N-methyl/N-ethyl adjacent to an activating group) is 1. The maximum atomic E-state index is 12.7. The zero-order valence-electron chi connectivity index (χ0n) is 15.3. The summed E-state index contributed by atoms with van der Waals surface area (Å²) in [6.45, 7) is 5.60. The Hall–Kier alpha value is -1.92. The highest BCUT2D eigenvalue weighted by molar-refractivity contribution is 5.86. The molecule has 1 aromatic rings. The molecule has 2 amide bonds. The van der Waals surface area contributed by atoms with E-state index in [2.05, 4.69) is 36.6 Å². The number of carbonyl (C=O) groups excluding carboxylic acids is 2. The second-order valence-corrected chi connectivity index (χ2v) is 7.03. The van der Waals surface area contributed by atoms with Crippen LogP contribution in [-0.4, -0.2) is 54.1 Å². The number of hydrogen-bond donors (Lipinski definition) is 3. The number of carbonyl (C=O) groups is 2. The summed E-state index contributed by atoms with van der Waals surface area (Å²) in [7, 11) is 1.55. The van der Waals surface area contributed by atoms with Crippen LogP contribution in [0.15, 0.2) is 24.3 Å². The summed E-state index contributed by atoms with van der Waals surface area (Å²) in [6.07, 6.45) is 1.16. The monoisotopic (exact) mass is 347 g/mol. The van der Waals surface area contributed by atoms with Gasteiger partial charge in [-0.25, -0.2) is 0 Å². The molecule has 0 bridgehead atoms. The molecule has 0 radical (unpaired) electrons. The minimum Gasteiger partial charge on any atom is -0.379 e. The lowest BCUT2D eigenvalue weighted by atomic mass is 9.91. The first-order valence-corrected chi connectivity index (χ1v) is 8.87. The normalized spacial score (nSPS) is 20.8. The zero-order valence-corrected chi connectivity index (χ0v) is 15.3. The van der Waals surface area contributed by atoms with Crippen molar-refractivity contribution in [3.63, 3.8) is 0 Å². The Labute approximate surface area is 149 Å². The summed E-state index contributed by atoms with van der Waals surface area (Å²) in [5.74, 6) is 0.0344. The number of likely N-dealkylation sites (tertiary alicyclic amines) is 1. The average molecular weight is 347 g/mol. The Morgan fingerprint density at radius 2 is 2.00 bits per heavy atom. The fourth-order valence-corrected chi connectivity index (χ4v) is 3.08. The van der Waals surface area contributed by atoms with Gasteiger partial charge >= 0.3 is 0 Å². The van der Waals surface area contributed by atoms with Gasteiger partial charge in [0, 0.05) is 26.7 Å². The van der Waals surface area contributed by atoms with Crippen LogP contribution >= 0.6 is 0 Å². The predicted molar refractivity (Wildman–Crippen MR) is 97.1 cm³/mol. The summed E-state index contributed by atoms with van der Waals surface area (Å²) >= 11 is 0. The quantitative estimate of drug-likeness (QED) is 0.687. The van der Waals surface area contributed by atoms with Gasteiger partial charge < -0.3 is 20.6 Å². The number of rotatable bonds is 7. The number of hydrogen-bond acceptors (Lipinski definition) is 4. The first-order chi connectivity index (χ1) is 11.9. The van der Waals surface area contributed by atoms with Crippen molar-refractivity contribution in [2.24, 2.45) is 0 Å². The van der Waals surface area contributed by atoms with Crippen LogP contribution in [0.4, 0.5) is 0 Å². The van der Waals surface area contributed by atoms with E-state index in [1.807, 2.05) is 12.1 Å². The van der Waals surface area contributed by atoms with Crippen molar-refractivity contribution in [3.05, 3.63) is 35.4 Å². The summed E-state index contributed by atoms with van der Waals surface area (Å²) in [5, 5.41) is 16.1. The molecule has 1 saturated heterocycles. The maximum absolute atomic E-state index is 12.7. The lowest BCUT2D eigenvalue weighted by Gasteiger charge is -2.38. The number of aliphatic hydroxyl groups is 1. The van der Waals surface area contributed by atoms with E-state index in [0.717, 1.165) is 12.0 Å². The SMILES string of the molecule is CNC(=O)CNCC1(O)CCCN(Cc2ccc(C(C)C)cc2)C1=O. The molecule has 25 heavy (non-hydrogen) atoms. The van der Waals surface area contributed by atoms with Crippen molar-refractivity contribution in [1.29, 1.82) is 0 Å². The van der Waals surface area contributed by atoms with Crippen LogP contribution in [0.3, 0.4) is 0 Å². The van der Waals surface area contributed by atoms with Crippen LogP contribution in [0.5, 0.6) is 0 Å². The summed E-state index contributed by atoms with van der Waals surface area (Å²) in [6, 6.07) is 8.26. The molecule has 3 N–H and O–H groups in total. The molecule has 0 aromatic heterocycles. The lowest BCUT2D eigenvalue weighted by molar-refractivity contribution is -0.157. The Bertz CT molecular complexity index is 600. The molecule has 1 aromatic carbocycles. The summed E-state index contributed by atoms with van der Waals surface area (Å²) in [5.41, 5.74) is 0.883. The lowest BCUT2D eigenvalue weighted by Crippen LogP contribution is -2.58. The molecule has 1 aliphatic rings. The van der Waals surface area contributed by atoms with E-state index < -0.39 is 5.60 Å². The molecule has 1 aliphatic heterocycles. The molecule has 1 atom stereocenters. The Balaban J connectivity index is 1.97. The van der Waals surface area contributed by atoms with Crippen LogP contribution in [0.1, 0.15) is 43.7 Å². The molecular formula is C19H29N3O3. The fraction of sp³-hybridized carbons (Fsp3) is 0.579. The standard InChI is InChI=1S/C19H29N3O3/c1-14(2)16-7-5-15(6-8-16)12-22-10-4-9-19(25,18(22)24)13-21-11-17(23)20-3/h5-8,14,21,25H,4,9-13H2,1-3H3,(H,20,23). The first kappa shape index (κ1) is 19.4. The number of nitrogens with one attached hydrogen (secondary N) is 2. The van der Waals surface area contributed by atoms with E-state index in [9.17, 15) is 14.7 Å². The Morgan fingerprint density at radius 3 is 2.60 bits per heavy atom. The van der Waals surface area contributed by atoms with Gasteiger partial charge in [0.1, 0.15) is 0 Å². The molecule has 6 heteroatoms. The molecule has 2 rings (SSSR count). The van der Waals surface area contributed by atoms with E-state index in [0.29, 0.717) is 25.4 Å². The Morgan fingerprint density at radius 1 is 1.32 bits per heavy atom. The van der Waals surface area contributed by atoms with Gasteiger partial charge in [0.15, 0.2) is 5.60 Å². The minimum atomic E-state index is -1.44. The van der Waals surface area contributed by atoms with Gasteiger partial charge in [-0.15, -0.1) is 0 Å². The van der Waals surface area contributed by atoms with Crippen molar-refractivity contribution in [2.45, 2.75) is 44.8 Å². The van der Waals surface area contributed by atoms with Crippen LogP contribution in [0.2, 0.25) is 0 Å². The highest BCUT2D eigenvalue weighted by atomic mass is 16.3. The smallest absolute Gasteiger partial charge is 0.256 e. The zero-order chi connectivity index (χ0) is 18.4. The van der Waals surface area contributed by atoms with Gasteiger partial charge in [0.2, 0.25) is 5.91 Å². The first-order valence-electron chi connectivity index (χ1n) is 8.87. The Kier molecular flexibility index (Phi) is 6.56. The van der Waals surface area contributed by atoms with Gasteiger partial charge in [-0.05, 0) is 29.9 Å². The number of benzene rings is 1. The highest BCUT2D eigenvalue weighted by Gasteiger charge is 2.41. The second kappa shape index (κ2) is 8.45. The molecule has 0 saturated carbocycles. The maximum Gasteiger partial charge on any atom is 0.256 e. The molecular weight excluding hydrogens is 318 g/mol. The average Bonchev–Trinajstić information content (AvgIpc) is 2.59. The van der Waals surface area contributed by atoms with Crippen molar-refractivity contribution in [3.8, 4) is 0 Å². The largest absolute Gasteiger partial charge is 0.379 e. The summed E-state index contributed by atoms with van der Waals surface area (Å²) in [4.78, 5) is 25.7. The predicted octanol–water partition coefficient (Wildman–Crippen LogP) is 0.999. The van der Waals surface area contributed by atoms with Gasteiger partial charge in [0.25, 0.3) is 5.91 Å². The van der Waals surface area contributed by atoms with Crippen LogP contribution in [0, 0.1) is 0 Å². The molecule has 0 aliphatic carbocycles. The fourth-order valence-electron chi connectivity index (χ4n) is 3.08. The van der Waals surface area contributed by atoms with Crippen LogP contribution in [-0.2, 0) is 16.1 Å². The van der Waals surface area contributed by atoms with Crippen molar-refractivity contribution < 1.29 is 14.7 Å². The topological polar surface area (TPSA) is 81.7 Å². The van der Waals surface area contributed by atoms with E-state index in [-0.39, 0.29) is 24.9 Å². The highest BCUT2D eigenvalue weighted by Crippen LogP contribution is 2.24. The molecule has 138 valence electrons. The third-order valence-electron chi connectivity index (χ3n) is 4.71. The van der Waals surface area contributed by atoms with Crippen LogP contribution in [0.25, 0.3) is 0 Å². The number of amides is 2. The van der Waals surface area contributed by atoms with Crippen molar-refractivity contribution >= 4 is 11.8 Å². The number of piperidine rings is 1. The third-order valence-corrected chi connectivity index (χ3v) is 4.71. The van der Waals surface area contributed by atoms with Gasteiger partial charge in [-0.2, -0.15) is 0 Å². The molecule has 1 heterocycles. The van der Waals surface area contributed by atoms with Crippen molar-refractivity contribution in [1.82, 2.24) is 15.5 Å². The number of nitrogens with zero attached hydrogens (tertiary/aromatic N) is 1. The molecule has 6 nitrogen and oxygen atoms in total. The van der Waals surface area contributed by atoms with E-state index in [1.54, 1.807) is 11.9 Å². The van der Waals surface area contributed by atoms with E-state index in [4.69, 9.17) is 0 Å². The minimum absolute atomic E-state index is 0.0854. The molecule has 1 fully saturated rings. The third kappa shape index (κ3) is 5.03.